The van der Waals surface area contributed by atoms with Gasteiger partial charge < -0.3 is 38.6 Å². The van der Waals surface area contributed by atoms with Gasteiger partial charge in [-0.25, -0.2) is 8.78 Å². The van der Waals surface area contributed by atoms with E-state index in [4.69, 9.17) is 14.0 Å². The van der Waals surface area contributed by atoms with E-state index in [1.54, 1.807) is 45.2 Å². The fraction of sp³-hybridized carbons (Fsp3) is 0.532. The van der Waals surface area contributed by atoms with Gasteiger partial charge in [-0.3, -0.25) is 29.1 Å². The zero-order chi connectivity index (χ0) is 45.0. The largest absolute Gasteiger partial charge is 0.489 e. The number of amides is 4. The van der Waals surface area contributed by atoms with E-state index in [2.05, 4.69) is 20.4 Å². The van der Waals surface area contributed by atoms with Crippen molar-refractivity contribution in [2.24, 2.45) is 5.92 Å². The van der Waals surface area contributed by atoms with Crippen molar-refractivity contribution in [2.45, 2.75) is 102 Å². The summed E-state index contributed by atoms with van der Waals surface area (Å²) in [4.78, 5) is 66.4. The first kappa shape index (κ1) is 44.6. The van der Waals surface area contributed by atoms with E-state index in [9.17, 15) is 28.0 Å². The molecule has 4 aliphatic rings. The van der Waals surface area contributed by atoms with Crippen molar-refractivity contribution in [1.29, 1.82) is 0 Å². The van der Waals surface area contributed by atoms with Crippen molar-refractivity contribution >= 4 is 56.1 Å². The molecule has 0 unspecified atom stereocenters. The van der Waals surface area contributed by atoms with E-state index in [-0.39, 0.29) is 92.7 Å². The number of pyridine rings is 1. The number of ether oxygens (including phenoxy) is 2. The number of piperazine rings is 1. The van der Waals surface area contributed by atoms with E-state index < -0.39 is 23.6 Å². The van der Waals surface area contributed by atoms with Gasteiger partial charge in [-0.2, -0.15) is 0 Å². The van der Waals surface area contributed by atoms with Crippen LogP contribution in [0.4, 0.5) is 8.78 Å². The molecule has 0 radical (unpaired) electrons. The minimum atomic E-state index is -1.09. The molecule has 5 aromatic rings. The molecule has 15 nitrogen and oxygen atoms in total. The van der Waals surface area contributed by atoms with Crippen molar-refractivity contribution in [3.63, 3.8) is 0 Å². The van der Waals surface area contributed by atoms with Crippen LogP contribution in [0.2, 0.25) is 0 Å². The molecule has 2 atom stereocenters. The Labute approximate surface area is 380 Å². The first-order valence-corrected chi connectivity index (χ1v) is 23.9. The maximum absolute atomic E-state index is 14.7. The Morgan fingerprint density at radius 1 is 0.892 bits per heavy atom. The molecule has 1 saturated carbocycles. The molecule has 0 spiro atoms. The average Bonchev–Trinajstić information content (AvgIpc) is 4.16. The first-order valence-electron chi connectivity index (χ1n) is 23.1. The highest BCUT2D eigenvalue weighted by Gasteiger charge is 2.37. The van der Waals surface area contributed by atoms with Crippen LogP contribution in [0.3, 0.4) is 0 Å². The Morgan fingerprint density at radius 2 is 1.66 bits per heavy atom. The van der Waals surface area contributed by atoms with Crippen molar-refractivity contribution in [3.8, 4) is 11.6 Å². The lowest BCUT2D eigenvalue weighted by Crippen LogP contribution is -2.58. The van der Waals surface area contributed by atoms with Gasteiger partial charge in [-0.05, 0) is 79.2 Å². The second-order valence-corrected chi connectivity index (χ2v) is 18.6. The van der Waals surface area contributed by atoms with E-state index >= 15 is 0 Å². The molecule has 65 heavy (non-hydrogen) atoms. The summed E-state index contributed by atoms with van der Waals surface area (Å²) in [5.74, 6) is -1.19. The molecule has 1 N–H and O–H groups in total. The minimum absolute atomic E-state index is 0.0698. The molecule has 4 aromatic heterocycles. The third-order valence-corrected chi connectivity index (χ3v) is 14.5. The number of likely N-dealkylation sites (tertiary alicyclic amines) is 2. The molecule has 1 aliphatic carbocycles. The van der Waals surface area contributed by atoms with Crippen LogP contribution in [0.5, 0.6) is 11.6 Å². The van der Waals surface area contributed by atoms with Gasteiger partial charge in [0.25, 0.3) is 11.8 Å². The molecule has 346 valence electrons. The molecule has 3 aliphatic heterocycles. The third-order valence-electron chi connectivity index (χ3n) is 13.5. The number of carbonyl (C=O) groups is 4. The van der Waals surface area contributed by atoms with Crippen molar-refractivity contribution in [2.75, 3.05) is 52.4 Å². The lowest BCUT2D eigenvalue weighted by Gasteiger charge is -2.39. The quantitative estimate of drug-likeness (QED) is 0.133. The molecule has 4 fully saturated rings. The van der Waals surface area contributed by atoms with Crippen molar-refractivity contribution in [3.05, 3.63) is 71.1 Å². The lowest BCUT2D eigenvalue weighted by molar-refractivity contribution is -0.139. The van der Waals surface area contributed by atoms with Crippen molar-refractivity contribution < 1.29 is 42.0 Å². The summed E-state index contributed by atoms with van der Waals surface area (Å²) in [6.07, 6.45) is 10.3. The number of thiophene rings is 1. The predicted octanol–water partition coefficient (Wildman–Crippen LogP) is 6.39. The fourth-order valence-electron chi connectivity index (χ4n) is 9.93. The Morgan fingerprint density at radius 3 is 2.45 bits per heavy atom. The van der Waals surface area contributed by atoms with Crippen LogP contribution in [0, 0.1) is 17.6 Å². The van der Waals surface area contributed by atoms with Gasteiger partial charge in [0.2, 0.25) is 17.7 Å². The van der Waals surface area contributed by atoms with Gasteiger partial charge in [-0.1, -0.05) is 26.2 Å². The summed E-state index contributed by atoms with van der Waals surface area (Å²) >= 11 is 1.63. The number of carbonyl (C=O) groups excluding carboxylic acids is 4. The summed E-state index contributed by atoms with van der Waals surface area (Å²) < 4.78 is 49.9. The van der Waals surface area contributed by atoms with Gasteiger partial charge in [0.15, 0.2) is 17.4 Å². The highest BCUT2D eigenvalue weighted by molar-refractivity contribution is 7.17. The fourth-order valence-corrected chi connectivity index (χ4v) is 10.7. The highest BCUT2D eigenvalue weighted by atomic mass is 32.1. The zero-order valence-corrected chi connectivity index (χ0v) is 37.5. The Kier molecular flexibility index (Phi) is 13.6. The van der Waals surface area contributed by atoms with Crippen LogP contribution in [0.1, 0.15) is 87.4 Å². The first-order chi connectivity index (χ1) is 31.6. The van der Waals surface area contributed by atoms with Crippen LogP contribution >= 0.6 is 11.3 Å². The Bertz CT molecular complexity index is 2510. The van der Waals surface area contributed by atoms with E-state index in [1.165, 1.54) is 10.6 Å². The average molecular weight is 915 g/mol. The van der Waals surface area contributed by atoms with Crippen LogP contribution in [0.25, 0.3) is 21.1 Å². The second kappa shape index (κ2) is 19.9. The number of rotatable bonds is 14. The van der Waals surface area contributed by atoms with E-state index in [0.717, 1.165) is 92.6 Å². The smallest absolute Gasteiger partial charge is 0.270 e. The summed E-state index contributed by atoms with van der Waals surface area (Å²) in [5, 5.41) is 9.44. The van der Waals surface area contributed by atoms with E-state index in [0.29, 0.717) is 36.5 Å². The molecule has 3 saturated heterocycles. The van der Waals surface area contributed by atoms with Gasteiger partial charge in [-0.15, -0.1) is 11.3 Å². The maximum atomic E-state index is 14.7. The van der Waals surface area contributed by atoms with Gasteiger partial charge in [0, 0.05) is 75.9 Å². The van der Waals surface area contributed by atoms with Crippen molar-refractivity contribution in [1.82, 2.24) is 39.6 Å². The summed E-state index contributed by atoms with van der Waals surface area (Å²) in [6, 6.07) is 8.38. The second-order valence-electron chi connectivity index (χ2n) is 17.7. The Balaban J connectivity index is 0.801. The summed E-state index contributed by atoms with van der Waals surface area (Å²) in [5.41, 5.74) is 1.30. The molecular formula is C47H56F2N8O7S. The van der Waals surface area contributed by atoms with Crippen LogP contribution in [-0.2, 0) is 27.5 Å². The molecule has 9 rings (SSSR count). The summed E-state index contributed by atoms with van der Waals surface area (Å²) in [7, 11) is 0. The third kappa shape index (κ3) is 9.98. The molecule has 7 heterocycles. The highest BCUT2D eigenvalue weighted by Crippen LogP contribution is 2.32. The molecule has 1 aromatic carbocycles. The number of hydrogen-bond acceptors (Lipinski definition) is 11. The normalized spacial score (nSPS) is 19.6. The maximum Gasteiger partial charge on any atom is 0.270 e. The SMILES string of the molecule is CCC(=O)N[C@H](C(=O)N1CCN(C(=O)c2cc3cc(F)c(F)cc3n2CC(=O)N2CCC[C@H]2COc2cc(CN3CCC(Oc4ccnc5ccsc45)CC3)on2)CC1)C1CCCCC1. The number of aromatic nitrogens is 3. The van der Waals surface area contributed by atoms with Gasteiger partial charge in [0.05, 0.1) is 28.3 Å². The van der Waals surface area contributed by atoms with Crippen LogP contribution in [0.15, 0.2) is 52.5 Å². The van der Waals surface area contributed by atoms with Gasteiger partial charge in [0.1, 0.15) is 36.7 Å². The molecule has 18 heteroatoms. The number of piperidine rings is 1. The minimum Gasteiger partial charge on any atom is -0.489 e. The number of hydrogen-bond donors (Lipinski definition) is 1. The monoisotopic (exact) mass is 914 g/mol. The lowest BCUT2D eigenvalue weighted by atomic mass is 9.83. The van der Waals surface area contributed by atoms with Gasteiger partial charge >= 0.3 is 0 Å². The number of benzene rings is 1. The topological polar surface area (TPSA) is 156 Å². The number of fused-ring (bicyclic) bond motifs is 2. The predicted molar refractivity (Wildman–Crippen MR) is 238 cm³/mol. The van der Waals surface area contributed by atoms with Crippen LogP contribution < -0.4 is 14.8 Å². The number of nitrogens with zero attached hydrogens (tertiary/aromatic N) is 7. The molecule has 0 bridgehead atoms. The zero-order valence-electron chi connectivity index (χ0n) is 36.7. The number of nitrogens with one attached hydrogen (secondary N) is 1. The number of halogens is 2. The summed E-state index contributed by atoms with van der Waals surface area (Å²) in [6.45, 7) is 5.35. The standard InChI is InChI=1S/C47H56F2N8O7S/c1-2-41(58)51-44(30-7-4-3-5-8-30)47(61)55-20-18-54(19-21-55)46(60)39-24-31-23-35(48)36(49)26-38(31)57(39)28-43(59)56-15-6-9-32(56)29-62-42-25-34(64-52-42)27-53-16-11-33(12-17-53)63-40-10-14-50-37-13-22-65-45(37)40/h10,13-14,22-26,30,32-33,44H,2-9,11-12,15-21,27-29H2,1H3,(H,51,58)/t32-,44-/m0/s1. The van der Waals surface area contributed by atoms with Crippen LogP contribution in [-0.4, -0.2) is 129 Å². The Hall–Kier alpha value is -5.62. The van der Waals surface area contributed by atoms with E-state index in [1.807, 2.05) is 17.5 Å². The molecule has 4 amide bonds. The molecular weight excluding hydrogens is 859 g/mol.